The molecule has 82 valence electrons. The summed E-state index contributed by atoms with van der Waals surface area (Å²) in [5, 5.41) is 10.2. The number of non-ortho nitro benzene ring substituents is 1. The van der Waals surface area contributed by atoms with Crippen LogP contribution in [0.4, 0.5) is 18.9 Å². The van der Waals surface area contributed by atoms with Crippen molar-refractivity contribution in [2.45, 2.75) is 10.4 Å². The highest BCUT2D eigenvalue weighted by molar-refractivity contribution is 7.86. The van der Waals surface area contributed by atoms with Gasteiger partial charge in [-0.1, -0.05) is 0 Å². The maximum Gasteiger partial charge on any atom is 0.475 e. The van der Waals surface area contributed by atoms with Gasteiger partial charge in [-0.15, -0.1) is 0 Å². The van der Waals surface area contributed by atoms with Crippen molar-refractivity contribution in [1.82, 2.24) is 0 Å². The molecular weight excluding hydrogens is 235 g/mol. The fraction of sp³-hybridized carbons (Fsp3) is 0.143. The average Bonchev–Trinajstić information content (AvgIpc) is 2.15. The van der Waals surface area contributed by atoms with Crippen LogP contribution in [0.5, 0.6) is 0 Å². The number of halogens is 3. The quantitative estimate of drug-likeness (QED) is 0.587. The van der Waals surface area contributed by atoms with E-state index in [4.69, 9.17) is 0 Å². The number of benzene rings is 1. The summed E-state index contributed by atoms with van der Waals surface area (Å²) in [7, 11) is -3.14. The van der Waals surface area contributed by atoms with Crippen LogP contribution >= 0.6 is 0 Å². The van der Waals surface area contributed by atoms with Crippen molar-refractivity contribution in [3.05, 3.63) is 34.4 Å². The summed E-state index contributed by atoms with van der Waals surface area (Å²) in [4.78, 5) is 8.93. The third-order valence-electron chi connectivity index (χ3n) is 1.47. The summed E-state index contributed by atoms with van der Waals surface area (Å²) >= 11 is 0. The van der Waals surface area contributed by atoms with E-state index in [1.165, 1.54) is 0 Å². The molecule has 0 aliphatic rings. The van der Waals surface area contributed by atoms with Crippen LogP contribution in [0.3, 0.4) is 0 Å². The molecule has 0 aromatic heterocycles. The second-order valence-corrected chi connectivity index (χ2v) is 3.94. The zero-order valence-electron chi connectivity index (χ0n) is 7.02. The first-order valence-electron chi connectivity index (χ1n) is 3.55. The summed E-state index contributed by atoms with van der Waals surface area (Å²) in [5.41, 5.74) is -5.20. The number of nitrogens with zero attached hydrogens (tertiary/aromatic N) is 1. The van der Waals surface area contributed by atoms with Gasteiger partial charge in [0.05, 0.1) is 4.92 Å². The normalized spacial score (nSPS) is 13.5. The molecule has 0 saturated heterocycles. The Morgan fingerprint density at radius 1 is 1.20 bits per heavy atom. The molecule has 0 amide bonds. The maximum absolute atomic E-state index is 12.0. The molecular formula is C7H4F3NO3S. The van der Waals surface area contributed by atoms with E-state index < -0.39 is 26.1 Å². The molecule has 0 radical (unpaired) electrons. The van der Waals surface area contributed by atoms with Crippen LogP contribution in [0.1, 0.15) is 0 Å². The molecule has 15 heavy (non-hydrogen) atoms. The van der Waals surface area contributed by atoms with Crippen molar-refractivity contribution in [3.63, 3.8) is 0 Å². The summed E-state index contributed by atoms with van der Waals surface area (Å²) < 4.78 is 46.6. The zero-order valence-corrected chi connectivity index (χ0v) is 7.84. The van der Waals surface area contributed by atoms with Crippen molar-refractivity contribution in [2.75, 3.05) is 0 Å². The van der Waals surface area contributed by atoms with Crippen molar-refractivity contribution in [3.8, 4) is 0 Å². The Kier molecular flexibility index (Phi) is 3.08. The van der Waals surface area contributed by atoms with Gasteiger partial charge in [-0.3, -0.25) is 10.1 Å². The molecule has 1 aromatic carbocycles. The third kappa shape index (κ3) is 2.75. The standard InChI is InChI=1S/C7H4F3NO3S/c8-7(9,10)15(14)6-3-1-5(2-4-6)11(12)13/h1-4H/t15-/m1/s1. The minimum absolute atomic E-state index is 0.349. The predicted molar refractivity (Wildman–Crippen MR) is 45.6 cm³/mol. The minimum atomic E-state index is -4.85. The lowest BCUT2D eigenvalue weighted by atomic mass is 10.3. The van der Waals surface area contributed by atoms with Crippen LogP contribution in [0.25, 0.3) is 0 Å². The smallest absolute Gasteiger partial charge is 0.258 e. The SMILES string of the molecule is O=[N+]([O-])c1ccc([S@@](=O)C(F)(F)F)cc1. The Balaban J connectivity index is 3.00. The van der Waals surface area contributed by atoms with E-state index in [-0.39, 0.29) is 5.69 Å². The molecule has 4 nitrogen and oxygen atoms in total. The summed E-state index contributed by atoms with van der Waals surface area (Å²) in [6, 6.07) is 3.39. The highest BCUT2D eigenvalue weighted by atomic mass is 32.2. The molecule has 0 aliphatic carbocycles. The molecule has 0 spiro atoms. The van der Waals surface area contributed by atoms with Gasteiger partial charge in [0, 0.05) is 17.0 Å². The molecule has 1 rings (SSSR count). The first-order chi connectivity index (χ1) is 6.82. The topological polar surface area (TPSA) is 60.2 Å². The number of nitro groups is 1. The Morgan fingerprint density at radius 2 is 1.67 bits per heavy atom. The van der Waals surface area contributed by atoms with E-state index in [0.29, 0.717) is 0 Å². The second kappa shape index (κ2) is 3.97. The second-order valence-electron chi connectivity index (χ2n) is 2.47. The lowest BCUT2D eigenvalue weighted by Crippen LogP contribution is -2.16. The number of hydrogen-bond donors (Lipinski definition) is 0. The van der Waals surface area contributed by atoms with Gasteiger partial charge in [-0.2, -0.15) is 13.2 Å². The van der Waals surface area contributed by atoms with Gasteiger partial charge in [0.2, 0.25) is 0 Å². The van der Waals surface area contributed by atoms with E-state index >= 15 is 0 Å². The van der Waals surface area contributed by atoms with Crippen LogP contribution in [0, 0.1) is 10.1 Å². The van der Waals surface area contributed by atoms with E-state index in [1.54, 1.807) is 0 Å². The van der Waals surface area contributed by atoms with Gasteiger partial charge in [0.25, 0.3) is 5.69 Å². The molecule has 0 fully saturated rings. The van der Waals surface area contributed by atoms with Crippen LogP contribution in [-0.2, 0) is 10.8 Å². The number of nitro benzene ring substituents is 1. The summed E-state index contributed by atoms with van der Waals surface area (Å²) in [6.07, 6.45) is 0. The van der Waals surface area contributed by atoms with Crippen molar-refractivity contribution in [1.29, 1.82) is 0 Å². The molecule has 0 unspecified atom stereocenters. The van der Waals surface area contributed by atoms with E-state index in [2.05, 4.69) is 0 Å². The summed E-state index contributed by atoms with van der Waals surface area (Å²) in [5.74, 6) is 0. The summed E-state index contributed by atoms with van der Waals surface area (Å²) in [6.45, 7) is 0. The Bertz CT molecular complexity index is 401. The highest BCUT2D eigenvalue weighted by Crippen LogP contribution is 2.27. The first-order valence-corrected chi connectivity index (χ1v) is 4.70. The Hall–Kier alpha value is -1.44. The highest BCUT2D eigenvalue weighted by Gasteiger charge is 2.38. The molecule has 1 aromatic rings. The minimum Gasteiger partial charge on any atom is -0.258 e. The molecule has 8 heteroatoms. The zero-order chi connectivity index (χ0) is 11.6. The maximum atomic E-state index is 12.0. The van der Waals surface area contributed by atoms with Crippen molar-refractivity contribution in [2.24, 2.45) is 0 Å². The monoisotopic (exact) mass is 239 g/mol. The van der Waals surface area contributed by atoms with Gasteiger partial charge >= 0.3 is 5.51 Å². The van der Waals surface area contributed by atoms with E-state index in [0.717, 1.165) is 24.3 Å². The Morgan fingerprint density at radius 3 is 2.00 bits per heavy atom. The van der Waals surface area contributed by atoms with Gasteiger partial charge in [-0.25, -0.2) is 4.21 Å². The third-order valence-corrected chi connectivity index (χ3v) is 2.59. The fourth-order valence-electron chi connectivity index (χ4n) is 0.825. The molecule has 0 saturated carbocycles. The number of hydrogen-bond acceptors (Lipinski definition) is 3. The molecule has 0 aliphatic heterocycles. The first kappa shape index (κ1) is 11.6. The number of alkyl halides is 3. The van der Waals surface area contributed by atoms with Crippen molar-refractivity contribution < 1.29 is 22.3 Å². The van der Waals surface area contributed by atoms with Crippen LogP contribution in [-0.4, -0.2) is 14.6 Å². The van der Waals surface area contributed by atoms with Crippen molar-refractivity contribution >= 4 is 16.5 Å². The van der Waals surface area contributed by atoms with Gasteiger partial charge in [-0.05, 0) is 12.1 Å². The lowest BCUT2D eigenvalue weighted by molar-refractivity contribution is -0.384. The number of rotatable bonds is 2. The predicted octanol–water partition coefficient (Wildman–Crippen LogP) is 2.22. The van der Waals surface area contributed by atoms with E-state index in [9.17, 15) is 27.5 Å². The molecule has 0 bridgehead atoms. The molecule has 0 N–H and O–H groups in total. The largest absolute Gasteiger partial charge is 0.475 e. The van der Waals surface area contributed by atoms with Gasteiger partial charge < -0.3 is 0 Å². The molecule has 1 atom stereocenters. The van der Waals surface area contributed by atoms with Gasteiger partial charge in [0.15, 0.2) is 10.8 Å². The van der Waals surface area contributed by atoms with Crippen LogP contribution < -0.4 is 0 Å². The van der Waals surface area contributed by atoms with Gasteiger partial charge in [0.1, 0.15) is 0 Å². The average molecular weight is 239 g/mol. The van der Waals surface area contributed by atoms with Crippen LogP contribution in [0.15, 0.2) is 29.2 Å². The lowest BCUT2D eigenvalue weighted by Gasteiger charge is -2.04. The fourth-order valence-corrected chi connectivity index (χ4v) is 1.48. The van der Waals surface area contributed by atoms with Crippen LogP contribution in [0.2, 0.25) is 0 Å². The molecule has 0 heterocycles. The van der Waals surface area contributed by atoms with E-state index in [1.807, 2.05) is 0 Å². The Labute approximate surface area is 84.3 Å².